The third-order valence-corrected chi connectivity index (χ3v) is 3.14. The highest BCUT2D eigenvalue weighted by atomic mass is 16.9. The molecular formula is C11H18N4O8. The van der Waals surface area contributed by atoms with Crippen LogP contribution >= 0.6 is 0 Å². The largest absolute Gasteiger partial charge is 0.465 e. The summed E-state index contributed by atoms with van der Waals surface area (Å²) in [5.74, 6) is 0.350. The molecule has 0 bridgehead atoms. The van der Waals surface area contributed by atoms with E-state index in [1.807, 2.05) is 24.7 Å². The molecular weight excluding hydrogens is 316 g/mol. The standard InChI is InChI=1S/C11H16N2O2.2HNO3/c1-3-10-8(6-15-11(10)14)4-9-5-12-7-13(9)2;2*2-1(3)4/h5,7-8,10H,3-4,6H2,1-2H3;2*(H,2,3,4)/t8-,10-;;/m0../s1. The minimum Gasteiger partial charge on any atom is -0.465 e. The summed E-state index contributed by atoms with van der Waals surface area (Å²) in [7, 11) is 1.97. The molecule has 1 aromatic rings. The first-order valence-electron chi connectivity index (χ1n) is 6.47. The van der Waals surface area contributed by atoms with Gasteiger partial charge in [-0.15, -0.1) is 20.2 Å². The fourth-order valence-corrected chi connectivity index (χ4v) is 2.16. The molecule has 0 amide bonds. The number of ether oxygens (including phenoxy) is 1. The smallest absolute Gasteiger partial charge is 0.309 e. The third-order valence-electron chi connectivity index (χ3n) is 3.14. The molecule has 2 heterocycles. The first-order valence-corrected chi connectivity index (χ1v) is 6.47. The zero-order chi connectivity index (χ0) is 18.0. The first-order chi connectivity index (χ1) is 10.7. The van der Waals surface area contributed by atoms with Gasteiger partial charge in [-0.1, -0.05) is 6.92 Å². The van der Waals surface area contributed by atoms with Crippen molar-refractivity contribution in [3.8, 4) is 0 Å². The maximum Gasteiger partial charge on any atom is 0.309 e. The molecule has 1 saturated heterocycles. The highest BCUT2D eigenvalue weighted by Crippen LogP contribution is 2.27. The lowest BCUT2D eigenvalue weighted by Gasteiger charge is -2.12. The third kappa shape index (κ3) is 8.18. The molecule has 0 unspecified atom stereocenters. The highest BCUT2D eigenvalue weighted by molar-refractivity contribution is 5.74. The summed E-state index contributed by atoms with van der Waals surface area (Å²) in [4.78, 5) is 32.2. The summed E-state index contributed by atoms with van der Waals surface area (Å²) in [6.45, 7) is 2.59. The summed E-state index contributed by atoms with van der Waals surface area (Å²) in [5, 5.41) is 27.3. The summed E-state index contributed by atoms with van der Waals surface area (Å²) in [6.07, 6.45) is 5.38. The zero-order valence-corrected chi connectivity index (χ0v) is 12.6. The van der Waals surface area contributed by atoms with E-state index >= 15 is 0 Å². The van der Waals surface area contributed by atoms with Crippen LogP contribution in [0.5, 0.6) is 0 Å². The summed E-state index contributed by atoms with van der Waals surface area (Å²) in [5.41, 5.74) is 1.16. The van der Waals surface area contributed by atoms with E-state index in [4.69, 9.17) is 35.4 Å². The predicted molar refractivity (Wildman–Crippen MR) is 72.7 cm³/mol. The monoisotopic (exact) mass is 334 g/mol. The lowest BCUT2D eigenvalue weighted by atomic mass is 9.89. The number of aryl methyl sites for hydroxylation is 1. The SMILES string of the molecule is CC[C@@H]1C(=O)OC[C@@H]1Cc1cncn1C.O=[N+]([O-])O.O=[N+]([O-])O. The fraction of sp³-hybridized carbons (Fsp3) is 0.636. The molecule has 1 aliphatic rings. The van der Waals surface area contributed by atoms with Crippen LogP contribution in [0.3, 0.4) is 0 Å². The molecule has 0 radical (unpaired) electrons. The number of carbonyl (C=O) groups excluding carboxylic acids is 1. The number of esters is 1. The van der Waals surface area contributed by atoms with Gasteiger partial charge < -0.3 is 19.7 Å². The Morgan fingerprint density at radius 3 is 2.30 bits per heavy atom. The van der Waals surface area contributed by atoms with Crippen LogP contribution in [0, 0.1) is 32.1 Å². The molecule has 0 aromatic carbocycles. The van der Waals surface area contributed by atoms with Gasteiger partial charge in [0.1, 0.15) is 0 Å². The topological polar surface area (TPSA) is 171 Å². The van der Waals surface area contributed by atoms with Gasteiger partial charge in [0.15, 0.2) is 0 Å². The second-order valence-corrected chi connectivity index (χ2v) is 4.58. The minimum atomic E-state index is -1.50. The Morgan fingerprint density at radius 2 is 1.91 bits per heavy atom. The number of hydrogen-bond acceptors (Lipinski definition) is 7. The predicted octanol–water partition coefficient (Wildman–Crippen LogP) is 0.466. The Bertz CT molecular complexity index is 512. The van der Waals surface area contributed by atoms with Gasteiger partial charge >= 0.3 is 5.97 Å². The van der Waals surface area contributed by atoms with Crippen LogP contribution in [0.2, 0.25) is 0 Å². The van der Waals surface area contributed by atoms with Crippen LogP contribution in [-0.4, -0.2) is 42.7 Å². The molecule has 0 aliphatic carbocycles. The quantitative estimate of drug-likeness (QED) is 0.452. The number of rotatable bonds is 3. The number of cyclic esters (lactones) is 1. The van der Waals surface area contributed by atoms with E-state index in [0.717, 1.165) is 18.5 Å². The molecule has 130 valence electrons. The Morgan fingerprint density at radius 1 is 1.39 bits per heavy atom. The molecule has 2 rings (SSSR count). The lowest BCUT2D eigenvalue weighted by Crippen LogP contribution is -2.18. The summed E-state index contributed by atoms with van der Waals surface area (Å²) in [6, 6.07) is 0. The van der Waals surface area contributed by atoms with Crippen LogP contribution in [0.4, 0.5) is 0 Å². The van der Waals surface area contributed by atoms with Crippen molar-refractivity contribution in [2.45, 2.75) is 19.8 Å². The van der Waals surface area contributed by atoms with E-state index in [0.29, 0.717) is 12.5 Å². The van der Waals surface area contributed by atoms with Gasteiger partial charge in [0.05, 0.1) is 18.9 Å². The second-order valence-electron chi connectivity index (χ2n) is 4.58. The van der Waals surface area contributed by atoms with Gasteiger partial charge in [0.2, 0.25) is 0 Å². The van der Waals surface area contributed by atoms with Crippen molar-refractivity contribution in [1.82, 2.24) is 9.55 Å². The molecule has 2 atom stereocenters. The first kappa shape index (κ1) is 20.1. The fourth-order valence-electron chi connectivity index (χ4n) is 2.16. The number of aromatic nitrogens is 2. The lowest BCUT2D eigenvalue weighted by molar-refractivity contribution is -0.742. The van der Waals surface area contributed by atoms with E-state index in [1.165, 1.54) is 0 Å². The molecule has 1 aliphatic heterocycles. The summed E-state index contributed by atoms with van der Waals surface area (Å²) >= 11 is 0. The number of nitrogens with zero attached hydrogens (tertiary/aromatic N) is 4. The molecule has 0 saturated carbocycles. The van der Waals surface area contributed by atoms with Crippen molar-refractivity contribution < 1.29 is 30.1 Å². The normalized spacial score (nSPS) is 18.8. The van der Waals surface area contributed by atoms with E-state index in [9.17, 15) is 4.79 Å². The van der Waals surface area contributed by atoms with E-state index in [-0.39, 0.29) is 11.9 Å². The Balaban J connectivity index is 0.000000509. The van der Waals surface area contributed by atoms with Gasteiger partial charge in [-0.05, 0) is 12.8 Å². The number of imidazole rings is 1. The van der Waals surface area contributed by atoms with Gasteiger partial charge in [-0.25, -0.2) is 4.98 Å². The number of hydrogen-bond donors (Lipinski definition) is 2. The summed E-state index contributed by atoms with van der Waals surface area (Å²) < 4.78 is 7.08. The van der Waals surface area contributed by atoms with E-state index in [2.05, 4.69) is 4.98 Å². The molecule has 2 N–H and O–H groups in total. The van der Waals surface area contributed by atoms with Crippen LogP contribution in [0.1, 0.15) is 19.0 Å². The van der Waals surface area contributed by atoms with Crippen LogP contribution in [0.25, 0.3) is 0 Å². The maximum absolute atomic E-state index is 11.4. The van der Waals surface area contributed by atoms with E-state index in [1.54, 1.807) is 6.33 Å². The van der Waals surface area contributed by atoms with Gasteiger partial charge in [-0.3, -0.25) is 4.79 Å². The van der Waals surface area contributed by atoms with Crippen molar-refractivity contribution >= 4 is 5.97 Å². The zero-order valence-electron chi connectivity index (χ0n) is 12.6. The van der Waals surface area contributed by atoms with Gasteiger partial charge in [0, 0.05) is 24.9 Å². The van der Waals surface area contributed by atoms with Gasteiger partial charge in [-0.2, -0.15) is 0 Å². The average Bonchev–Trinajstić information content (AvgIpc) is 2.96. The number of carbonyl (C=O) groups is 1. The molecule has 12 heteroatoms. The Hall–Kier alpha value is -2.92. The molecule has 1 fully saturated rings. The van der Waals surface area contributed by atoms with Crippen molar-refractivity contribution in [2.75, 3.05) is 6.61 Å². The van der Waals surface area contributed by atoms with Crippen molar-refractivity contribution in [2.24, 2.45) is 18.9 Å². The van der Waals surface area contributed by atoms with Crippen molar-refractivity contribution in [1.29, 1.82) is 0 Å². The Kier molecular flexibility index (Phi) is 8.66. The van der Waals surface area contributed by atoms with Crippen LogP contribution in [-0.2, 0) is 23.0 Å². The van der Waals surface area contributed by atoms with Crippen LogP contribution < -0.4 is 0 Å². The molecule has 0 spiro atoms. The molecule has 12 nitrogen and oxygen atoms in total. The van der Waals surface area contributed by atoms with Crippen molar-refractivity contribution in [3.63, 3.8) is 0 Å². The second kappa shape index (κ2) is 9.92. The highest BCUT2D eigenvalue weighted by Gasteiger charge is 2.35. The Labute approximate surface area is 130 Å². The molecule has 1 aromatic heterocycles. The average molecular weight is 334 g/mol. The van der Waals surface area contributed by atoms with E-state index < -0.39 is 10.2 Å². The minimum absolute atomic E-state index is 0.0373. The molecule has 23 heavy (non-hydrogen) atoms. The maximum atomic E-state index is 11.4. The van der Waals surface area contributed by atoms with Gasteiger partial charge in [0.25, 0.3) is 10.2 Å². The van der Waals surface area contributed by atoms with Crippen LogP contribution in [0.15, 0.2) is 12.5 Å². The van der Waals surface area contributed by atoms with Crippen molar-refractivity contribution in [3.05, 3.63) is 38.4 Å².